The number of amides is 1. The second kappa shape index (κ2) is 8.94. The summed E-state index contributed by atoms with van der Waals surface area (Å²) in [6.07, 6.45) is 0. The Kier molecular flexibility index (Phi) is 6.39. The van der Waals surface area contributed by atoms with Crippen molar-refractivity contribution in [3.63, 3.8) is 0 Å². The maximum Gasteiger partial charge on any atom is 0.237 e. The first-order valence-corrected chi connectivity index (χ1v) is 9.26. The Morgan fingerprint density at radius 2 is 1.85 bits per heavy atom. The van der Waals surface area contributed by atoms with Gasteiger partial charge in [-0.1, -0.05) is 63.6 Å². The van der Waals surface area contributed by atoms with Gasteiger partial charge in [0.05, 0.1) is 12.3 Å². The summed E-state index contributed by atoms with van der Waals surface area (Å²) in [6.45, 7) is 0.394. The average molecular weight is 430 g/mol. The van der Waals surface area contributed by atoms with Crippen LogP contribution >= 0.6 is 15.9 Å². The molecule has 0 fully saturated rings. The van der Waals surface area contributed by atoms with Gasteiger partial charge in [0.25, 0.3) is 0 Å². The van der Waals surface area contributed by atoms with Crippen LogP contribution in [0, 0.1) is 0 Å². The molecule has 27 heavy (non-hydrogen) atoms. The fourth-order valence-electron chi connectivity index (χ4n) is 2.82. The number of hydrogen-bond donors (Lipinski definition) is 2. The molecule has 7 heteroatoms. The number of carbonyl (C=O) groups excluding carboxylic acids is 1. The molecule has 1 amide bonds. The lowest BCUT2D eigenvalue weighted by atomic mass is 10.1. The maximum atomic E-state index is 11.8. The first kappa shape index (κ1) is 19.3. The SMILES string of the molecule is NC(=O)C(CO)N(Cc1ccc(Br)cc1)Cc1cc(-c2ccccc2)on1. The molecule has 2 aromatic carbocycles. The van der Waals surface area contributed by atoms with Crippen molar-refractivity contribution >= 4 is 21.8 Å². The summed E-state index contributed by atoms with van der Waals surface area (Å²) in [4.78, 5) is 13.6. The minimum absolute atomic E-state index is 0.320. The number of aliphatic hydroxyl groups is 1. The molecule has 0 radical (unpaired) electrons. The highest BCUT2D eigenvalue weighted by Crippen LogP contribution is 2.22. The third-order valence-corrected chi connectivity index (χ3v) is 4.75. The number of primary amides is 1. The van der Waals surface area contributed by atoms with Gasteiger partial charge in [0.15, 0.2) is 5.76 Å². The Hall–Kier alpha value is -2.48. The van der Waals surface area contributed by atoms with Gasteiger partial charge in [-0.2, -0.15) is 0 Å². The normalized spacial score (nSPS) is 12.3. The fraction of sp³-hybridized carbons (Fsp3) is 0.200. The number of nitrogens with two attached hydrogens (primary N) is 1. The molecule has 0 saturated carbocycles. The van der Waals surface area contributed by atoms with Crippen molar-refractivity contribution in [3.05, 3.63) is 76.4 Å². The van der Waals surface area contributed by atoms with E-state index in [0.29, 0.717) is 24.5 Å². The first-order valence-electron chi connectivity index (χ1n) is 8.46. The Morgan fingerprint density at radius 3 is 2.48 bits per heavy atom. The Morgan fingerprint density at radius 1 is 1.15 bits per heavy atom. The molecule has 0 aliphatic rings. The third-order valence-electron chi connectivity index (χ3n) is 4.22. The van der Waals surface area contributed by atoms with E-state index in [2.05, 4.69) is 21.1 Å². The van der Waals surface area contributed by atoms with Gasteiger partial charge >= 0.3 is 0 Å². The quantitative estimate of drug-likeness (QED) is 0.573. The van der Waals surface area contributed by atoms with Crippen molar-refractivity contribution < 1.29 is 14.4 Å². The smallest absolute Gasteiger partial charge is 0.237 e. The zero-order valence-corrected chi connectivity index (χ0v) is 16.2. The second-order valence-electron chi connectivity index (χ2n) is 6.18. The van der Waals surface area contributed by atoms with Crippen LogP contribution in [0.3, 0.4) is 0 Å². The lowest BCUT2D eigenvalue weighted by molar-refractivity contribution is -0.125. The van der Waals surface area contributed by atoms with Crippen LogP contribution in [0.2, 0.25) is 0 Å². The summed E-state index contributed by atoms with van der Waals surface area (Å²) in [5.41, 5.74) is 8.05. The summed E-state index contributed by atoms with van der Waals surface area (Å²) in [5.74, 6) is 0.0650. The van der Waals surface area contributed by atoms with Gasteiger partial charge in [0, 0.05) is 29.2 Å². The van der Waals surface area contributed by atoms with Gasteiger partial charge in [0.2, 0.25) is 5.91 Å². The number of halogens is 1. The minimum atomic E-state index is -0.814. The number of carbonyl (C=O) groups is 1. The van der Waals surface area contributed by atoms with E-state index in [1.807, 2.05) is 60.7 Å². The standard InChI is InChI=1S/C20H20BrN3O3/c21-16-8-6-14(7-9-16)11-24(18(13-25)20(22)26)12-17-10-19(27-23-17)15-4-2-1-3-5-15/h1-10,18,25H,11-13H2,(H2,22,26). The van der Waals surface area contributed by atoms with Crippen molar-refractivity contribution in [2.75, 3.05) is 6.61 Å². The minimum Gasteiger partial charge on any atom is -0.394 e. The number of aromatic nitrogens is 1. The molecule has 140 valence electrons. The van der Waals surface area contributed by atoms with Crippen molar-refractivity contribution in [1.82, 2.24) is 10.1 Å². The molecule has 1 aromatic heterocycles. The molecule has 6 nitrogen and oxygen atoms in total. The summed E-state index contributed by atoms with van der Waals surface area (Å²) in [5, 5.41) is 13.8. The molecule has 3 aromatic rings. The predicted molar refractivity (Wildman–Crippen MR) is 105 cm³/mol. The van der Waals surface area contributed by atoms with Gasteiger partial charge in [-0.05, 0) is 17.7 Å². The highest BCUT2D eigenvalue weighted by atomic mass is 79.9. The molecule has 3 N–H and O–H groups in total. The van der Waals surface area contributed by atoms with E-state index in [1.165, 1.54) is 0 Å². The summed E-state index contributed by atoms with van der Waals surface area (Å²) < 4.78 is 6.40. The van der Waals surface area contributed by atoms with E-state index < -0.39 is 11.9 Å². The van der Waals surface area contributed by atoms with Crippen molar-refractivity contribution in [3.8, 4) is 11.3 Å². The number of hydrogen-bond acceptors (Lipinski definition) is 5. The van der Waals surface area contributed by atoms with E-state index in [4.69, 9.17) is 10.3 Å². The largest absolute Gasteiger partial charge is 0.394 e. The van der Waals surface area contributed by atoms with Gasteiger partial charge in [0.1, 0.15) is 6.04 Å². The lowest BCUT2D eigenvalue weighted by Crippen LogP contribution is -2.46. The molecule has 0 aliphatic heterocycles. The molecule has 0 spiro atoms. The van der Waals surface area contributed by atoms with Gasteiger partial charge < -0.3 is 15.4 Å². The van der Waals surface area contributed by atoms with Crippen LogP contribution in [0.1, 0.15) is 11.3 Å². The highest BCUT2D eigenvalue weighted by Gasteiger charge is 2.24. The zero-order valence-electron chi connectivity index (χ0n) is 14.6. The number of nitrogens with zero attached hydrogens (tertiary/aromatic N) is 2. The first-order chi connectivity index (χ1) is 13.1. The molecule has 3 rings (SSSR count). The molecule has 1 unspecified atom stereocenters. The van der Waals surface area contributed by atoms with E-state index in [0.717, 1.165) is 15.6 Å². The summed E-state index contributed by atoms with van der Waals surface area (Å²) >= 11 is 3.41. The van der Waals surface area contributed by atoms with Crippen molar-refractivity contribution in [2.24, 2.45) is 5.73 Å². The fourth-order valence-corrected chi connectivity index (χ4v) is 3.08. The van der Waals surface area contributed by atoms with E-state index in [1.54, 1.807) is 4.90 Å². The van der Waals surface area contributed by atoms with Gasteiger partial charge in [-0.3, -0.25) is 9.69 Å². The summed E-state index contributed by atoms with van der Waals surface area (Å²) in [6, 6.07) is 18.4. The molecule has 1 atom stereocenters. The average Bonchev–Trinajstić information content (AvgIpc) is 3.13. The van der Waals surface area contributed by atoms with Gasteiger partial charge in [-0.15, -0.1) is 0 Å². The number of benzene rings is 2. The molecule has 0 bridgehead atoms. The number of aliphatic hydroxyl groups excluding tert-OH is 1. The van der Waals surface area contributed by atoms with Crippen LogP contribution in [0.4, 0.5) is 0 Å². The molecular formula is C20H20BrN3O3. The Bertz CT molecular complexity index is 881. The maximum absolute atomic E-state index is 11.8. The molecule has 0 saturated heterocycles. The van der Waals surface area contributed by atoms with Crippen molar-refractivity contribution in [2.45, 2.75) is 19.1 Å². The Labute approximate surface area is 165 Å². The molecule has 1 heterocycles. The van der Waals surface area contributed by atoms with Crippen LogP contribution in [0.5, 0.6) is 0 Å². The van der Waals surface area contributed by atoms with E-state index in [-0.39, 0.29) is 6.61 Å². The van der Waals surface area contributed by atoms with Gasteiger partial charge in [-0.25, -0.2) is 0 Å². The highest BCUT2D eigenvalue weighted by molar-refractivity contribution is 9.10. The van der Waals surface area contributed by atoms with Crippen LogP contribution < -0.4 is 5.73 Å². The topological polar surface area (TPSA) is 92.6 Å². The zero-order chi connectivity index (χ0) is 19.2. The molecular weight excluding hydrogens is 410 g/mol. The van der Waals surface area contributed by atoms with Crippen LogP contribution in [0.15, 0.2) is 69.7 Å². The molecule has 0 aliphatic carbocycles. The van der Waals surface area contributed by atoms with Crippen LogP contribution in [0.25, 0.3) is 11.3 Å². The Balaban J connectivity index is 1.81. The van der Waals surface area contributed by atoms with E-state index >= 15 is 0 Å². The van der Waals surface area contributed by atoms with E-state index in [9.17, 15) is 9.90 Å². The van der Waals surface area contributed by atoms with Crippen LogP contribution in [-0.4, -0.2) is 33.7 Å². The predicted octanol–water partition coefficient (Wildman–Crippen LogP) is 2.95. The number of rotatable bonds is 8. The van der Waals surface area contributed by atoms with Crippen LogP contribution in [-0.2, 0) is 17.9 Å². The van der Waals surface area contributed by atoms with Crippen molar-refractivity contribution in [1.29, 1.82) is 0 Å². The summed E-state index contributed by atoms with van der Waals surface area (Å²) in [7, 11) is 0. The lowest BCUT2D eigenvalue weighted by Gasteiger charge is -2.27. The second-order valence-corrected chi connectivity index (χ2v) is 7.10. The monoisotopic (exact) mass is 429 g/mol. The third kappa shape index (κ3) is 5.03.